The predicted octanol–water partition coefficient (Wildman–Crippen LogP) is 1.73. The molecule has 0 saturated heterocycles. The molecule has 1 aromatic rings. The van der Waals surface area contributed by atoms with E-state index < -0.39 is 5.60 Å². The number of aliphatic hydroxyl groups is 1. The van der Waals surface area contributed by atoms with Crippen LogP contribution in [0.3, 0.4) is 0 Å². The summed E-state index contributed by atoms with van der Waals surface area (Å²) in [5.74, 6) is 0.657. The van der Waals surface area contributed by atoms with Crippen molar-refractivity contribution in [3.05, 3.63) is 35.4 Å². The van der Waals surface area contributed by atoms with Gasteiger partial charge in [0.2, 0.25) is 0 Å². The van der Waals surface area contributed by atoms with Crippen molar-refractivity contribution in [2.24, 2.45) is 5.73 Å². The molecule has 2 heteroatoms. The van der Waals surface area contributed by atoms with Gasteiger partial charge in [-0.25, -0.2) is 0 Å². The summed E-state index contributed by atoms with van der Waals surface area (Å²) in [6, 6.07) is 8.09. The van der Waals surface area contributed by atoms with E-state index in [2.05, 4.69) is 6.07 Å². The molecule has 0 aromatic heterocycles. The topological polar surface area (TPSA) is 46.2 Å². The van der Waals surface area contributed by atoms with Crippen LogP contribution in [0.2, 0.25) is 0 Å². The van der Waals surface area contributed by atoms with Crippen LogP contribution >= 0.6 is 0 Å². The van der Waals surface area contributed by atoms with Crippen LogP contribution in [-0.4, -0.2) is 11.7 Å². The Morgan fingerprint density at radius 2 is 2.07 bits per heavy atom. The Labute approximate surface area is 84.7 Å². The van der Waals surface area contributed by atoms with Gasteiger partial charge < -0.3 is 10.8 Å². The summed E-state index contributed by atoms with van der Waals surface area (Å²) in [5, 5.41) is 10.1. The van der Waals surface area contributed by atoms with E-state index in [0.29, 0.717) is 5.92 Å². The molecular weight excluding hydrogens is 174 g/mol. The standard InChI is InChI=1S/C12H17NO/c1-12(14,8-13)11-5-3-2-4-10(11)9-6-7-9/h2-5,9,14H,6-8,13H2,1H3. The molecule has 0 spiro atoms. The molecule has 1 atom stereocenters. The third-order valence-corrected chi connectivity index (χ3v) is 2.96. The van der Waals surface area contributed by atoms with Crippen LogP contribution in [0.4, 0.5) is 0 Å². The van der Waals surface area contributed by atoms with E-state index in [1.165, 1.54) is 18.4 Å². The maximum atomic E-state index is 10.1. The Morgan fingerprint density at radius 1 is 1.43 bits per heavy atom. The van der Waals surface area contributed by atoms with Gasteiger partial charge in [-0.3, -0.25) is 0 Å². The summed E-state index contributed by atoms with van der Waals surface area (Å²) < 4.78 is 0. The molecule has 0 bridgehead atoms. The highest BCUT2D eigenvalue weighted by Crippen LogP contribution is 2.43. The minimum Gasteiger partial charge on any atom is -0.384 e. The summed E-state index contributed by atoms with van der Waals surface area (Å²) >= 11 is 0. The van der Waals surface area contributed by atoms with Gasteiger partial charge in [0.25, 0.3) is 0 Å². The minimum atomic E-state index is -0.876. The molecule has 1 aliphatic rings. The van der Waals surface area contributed by atoms with Crippen LogP contribution in [0.25, 0.3) is 0 Å². The van der Waals surface area contributed by atoms with E-state index in [-0.39, 0.29) is 6.54 Å². The molecule has 1 fully saturated rings. The van der Waals surface area contributed by atoms with Gasteiger partial charge in [0, 0.05) is 6.54 Å². The largest absolute Gasteiger partial charge is 0.384 e. The highest BCUT2D eigenvalue weighted by atomic mass is 16.3. The van der Waals surface area contributed by atoms with Gasteiger partial charge in [0.05, 0.1) is 5.60 Å². The molecule has 0 heterocycles. The first-order valence-corrected chi connectivity index (χ1v) is 5.17. The maximum absolute atomic E-state index is 10.1. The van der Waals surface area contributed by atoms with Crippen molar-refractivity contribution < 1.29 is 5.11 Å². The van der Waals surface area contributed by atoms with Crippen LogP contribution in [0.15, 0.2) is 24.3 Å². The highest BCUT2D eigenvalue weighted by Gasteiger charge is 2.31. The molecule has 0 radical (unpaired) electrons. The summed E-state index contributed by atoms with van der Waals surface area (Å²) in [6.45, 7) is 2.06. The van der Waals surface area contributed by atoms with Gasteiger partial charge in [-0.15, -0.1) is 0 Å². The van der Waals surface area contributed by atoms with Gasteiger partial charge in [-0.2, -0.15) is 0 Å². The van der Waals surface area contributed by atoms with Gasteiger partial charge in [0.1, 0.15) is 0 Å². The zero-order valence-electron chi connectivity index (χ0n) is 8.53. The summed E-state index contributed by atoms with van der Waals surface area (Å²) in [4.78, 5) is 0. The van der Waals surface area contributed by atoms with Crippen molar-refractivity contribution in [1.82, 2.24) is 0 Å². The molecule has 14 heavy (non-hydrogen) atoms. The smallest absolute Gasteiger partial charge is 0.0992 e. The second-order valence-electron chi connectivity index (χ2n) is 4.34. The van der Waals surface area contributed by atoms with Gasteiger partial charge in [-0.1, -0.05) is 24.3 Å². The average molecular weight is 191 g/mol. The van der Waals surface area contributed by atoms with Crippen molar-refractivity contribution >= 4 is 0 Å². The van der Waals surface area contributed by atoms with E-state index in [9.17, 15) is 5.11 Å². The first kappa shape index (κ1) is 9.69. The molecule has 1 aliphatic carbocycles. The summed E-state index contributed by atoms with van der Waals surface area (Å²) in [7, 11) is 0. The lowest BCUT2D eigenvalue weighted by atomic mass is 9.89. The monoisotopic (exact) mass is 191 g/mol. The fourth-order valence-corrected chi connectivity index (χ4v) is 1.85. The lowest BCUT2D eigenvalue weighted by Gasteiger charge is -2.24. The van der Waals surface area contributed by atoms with E-state index in [4.69, 9.17) is 5.73 Å². The fourth-order valence-electron chi connectivity index (χ4n) is 1.85. The first-order valence-electron chi connectivity index (χ1n) is 5.17. The van der Waals surface area contributed by atoms with Gasteiger partial charge in [-0.05, 0) is 36.8 Å². The van der Waals surface area contributed by atoms with E-state index in [1.54, 1.807) is 6.92 Å². The van der Waals surface area contributed by atoms with Crippen LogP contribution in [0.5, 0.6) is 0 Å². The first-order chi connectivity index (χ1) is 6.65. The molecule has 76 valence electrons. The van der Waals surface area contributed by atoms with Crippen molar-refractivity contribution in [2.45, 2.75) is 31.3 Å². The second-order valence-corrected chi connectivity index (χ2v) is 4.34. The van der Waals surface area contributed by atoms with Crippen molar-refractivity contribution in [1.29, 1.82) is 0 Å². The Kier molecular flexibility index (Phi) is 2.33. The highest BCUT2D eigenvalue weighted by molar-refractivity contribution is 5.37. The average Bonchev–Trinajstić information content (AvgIpc) is 3.01. The van der Waals surface area contributed by atoms with Crippen LogP contribution in [0.1, 0.15) is 36.8 Å². The normalized spacial score (nSPS) is 20.5. The molecule has 0 amide bonds. The van der Waals surface area contributed by atoms with E-state index in [0.717, 1.165) is 5.56 Å². The molecule has 2 nitrogen and oxygen atoms in total. The zero-order valence-corrected chi connectivity index (χ0v) is 8.53. The fraction of sp³-hybridized carbons (Fsp3) is 0.500. The maximum Gasteiger partial charge on any atom is 0.0992 e. The number of hydrogen-bond acceptors (Lipinski definition) is 2. The van der Waals surface area contributed by atoms with Crippen LogP contribution in [-0.2, 0) is 5.60 Å². The Balaban J connectivity index is 2.40. The van der Waals surface area contributed by atoms with E-state index in [1.807, 2.05) is 18.2 Å². The van der Waals surface area contributed by atoms with Crippen LogP contribution in [0, 0.1) is 0 Å². The van der Waals surface area contributed by atoms with Crippen molar-refractivity contribution in [2.75, 3.05) is 6.54 Å². The Bertz CT molecular complexity index is 329. The third kappa shape index (κ3) is 1.68. The molecule has 0 aliphatic heterocycles. The van der Waals surface area contributed by atoms with E-state index >= 15 is 0 Å². The summed E-state index contributed by atoms with van der Waals surface area (Å²) in [6.07, 6.45) is 2.50. The molecule has 1 aromatic carbocycles. The predicted molar refractivity (Wildman–Crippen MR) is 57.0 cm³/mol. The third-order valence-electron chi connectivity index (χ3n) is 2.96. The lowest BCUT2D eigenvalue weighted by molar-refractivity contribution is 0.0659. The minimum absolute atomic E-state index is 0.275. The molecular formula is C12H17NO. The van der Waals surface area contributed by atoms with Gasteiger partial charge in [0.15, 0.2) is 0 Å². The number of benzene rings is 1. The van der Waals surface area contributed by atoms with Crippen molar-refractivity contribution in [3.63, 3.8) is 0 Å². The Morgan fingerprint density at radius 3 is 2.64 bits per heavy atom. The zero-order chi connectivity index (χ0) is 10.2. The quantitative estimate of drug-likeness (QED) is 0.764. The Hall–Kier alpha value is -0.860. The SMILES string of the molecule is CC(O)(CN)c1ccccc1C1CC1. The summed E-state index contributed by atoms with van der Waals surface area (Å²) in [5.41, 5.74) is 6.99. The second kappa shape index (κ2) is 3.37. The molecule has 1 saturated carbocycles. The lowest BCUT2D eigenvalue weighted by Crippen LogP contribution is -2.32. The molecule has 1 unspecified atom stereocenters. The molecule has 3 N–H and O–H groups in total. The van der Waals surface area contributed by atoms with Crippen molar-refractivity contribution in [3.8, 4) is 0 Å². The molecule has 2 rings (SSSR count). The van der Waals surface area contributed by atoms with Gasteiger partial charge >= 0.3 is 0 Å². The van der Waals surface area contributed by atoms with Crippen LogP contribution < -0.4 is 5.73 Å². The number of nitrogens with two attached hydrogens (primary N) is 1. The number of rotatable bonds is 3. The number of hydrogen-bond donors (Lipinski definition) is 2.